The van der Waals surface area contributed by atoms with Crippen molar-refractivity contribution in [1.82, 2.24) is 45.4 Å². The second-order valence-corrected chi connectivity index (χ2v) is 17.1. The molecule has 9 rings (SSSR count). The van der Waals surface area contributed by atoms with Crippen LogP contribution in [0.4, 0.5) is 17.3 Å². The lowest BCUT2D eigenvalue weighted by Gasteiger charge is -2.29. The van der Waals surface area contributed by atoms with Crippen LogP contribution >= 0.6 is 0 Å². The van der Waals surface area contributed by atoms with Gasteiger partial charge >= 0.3 is 0 Å². The summed E-state index contributed by atoms with van der Waals surface area (Å²) in [7, 11) is 1.62. The highest BCUT2D eigenvalue weighted by Crippen LogP contribution is 2.43. The largest absolute Gasteiger partial charge is 0.496 e. The number of methoxy groups -OCH3 is 1. The summed E-state index contributed by atoms with van der Waals surface area (Å²) in [6, 6.07) is 10.8. The highest BCUT2D eigenvalue weighted by atomic mass is 16.6. The van der Waals surface area contributed by atoms with Crippen LogP contribution in [-0.2, 0) is 41.6 Å². The Morgan fingerprint density at radius 3 is 2.32 bits per heavy atom. The first-order valence-electron chi connectivity index (χ1n) is 23.4. The fourth-order valence-corrected chi connectivity index (χ4v) is 8.81. The Morgan fingerprint density at radius 2 is 1.64 bits per heavy atom. The number of nitrogens with one attached hydrogen (secondary N) is 5. The van der Waals surface area contributed by atoms with Crippen LogP contribution in [0, 0.1) is 13.8 Å². The molecule has 21 nitrogen and oxygen atoms in total. The summed E-state index contributed by atoms with van der Waals surface area (Å²) < 4.78 is 35.9. The molecule has 4 amide bonds. The Hall–Kier alpha value is -6.94. The predicted octanol–water partition coefficient (Wildman–Crippen LogP) is 4.90. The van der Waals surface area contributed by atoms with Gasteiger partial charge in [0.1, 0.15) is 34.8 Å². The van der Waals surface area contributed by atoms with Crippen molar-refractivity contribution in [3.63, 3.8) is 0 Å². The van der Waals surface area contributed by atoms with Crippen LogP contribution in [0.25, 0.3) is 33.1 Å². The third kappa shape index (κ3) is 10.4. The molecule has 0 bridgehead atoms. The van der Waals surface area contributed by atoms with Crippen LogP contribution in [0.1, 0.15) is 82.2 Å². The second kappa shape index (κ2) is 21.1. The van der Waals surface area contributed by atoms with E-state index in [0.717, 1.165) is 63.3 Å². The third-order valence-corrected chi connectivity index (χ3v) is 12.4. The average Bonchev–Trinajstić information content (AvgIpc) is 3.72. The molecule has 364 valence electrons. The molecule has 3 aliphatic rings. The van der Waals surface area contributed by atoms with Crippen LogP contribution in [-0.4, -0.2) is 138 Å². The van der Waals surface area contributed by atoms with Crippen molar-refractivity contribution >= 4 is 62.9 Å². The van der Waals surface area contributed by atoms with Crippen molar-refractivity contribution in [2.75, 3.05) is 83.7 Å². The second-order valence-electron chi connectivity index (χ2n) is 17.1. The molecule has 2 aliphatic heterocycles. The van der Waals surface area contributed by atoms with Gasteiger partial charge in [0.2, 0.25) is 17.6 Å². The number of carbonyl (C=O) groups excluding carboxylic acids is 4. The Kier molecular flexibility index (Phi) is 14.4. The zero-order valence-corrected chi connectivity index (χ0v) is 39.2. The summed E-state index contributed by atoms with van der Waals surface area (Å²) in [4.78, 5) is 65.0. The van der Waals surface area contributed by atoms with E-state index in [4.69, 9.17) is 43.3 Å². The first-order valence-corrected chi connectivity index (χ1v) is 23.4. The number of benzene rings is 2. The van der Waals surface area contributed by atoms with Crippen molar-refractivity contribution in [3.8, 4) is 16.9 Å². The molecule has 1 saturated heterocycles. The highest BCUT2D eigenvalue weighted by molar-refractivity contribution is 6.14. The fraction of sp³-hybridized carbons (Fsp3) is 0.458. The number of aryl methyl sites for hydroxylation is 3. The summed E-state index contributed by atoms with van der Waals surface area (Å²) >= 11 is 0. The van der Waals surface area contributed by atoms with E-state index in [1.54, 1.807) is 19.2 Å². The van der Waals surface area contributed by atoms with Crippen molar-refractivity contribution < 1.29 is 47.4 Å². The molecule has 1 unspecified atom stereocenters. The minimum absolute atomic E-state index is 0.0137. The van der Waals surface area contributed by atoms with Gasteiger partial charge in [-0.05, 0) is 64.3 Å². The number of hydrogen-bond donors (Lipinski definition) is 5. The molecule has 0 spiro atoms. The number of piperidine rings is 1. The highest BCUT2D eigenvalue weighted by Gasteiger charge is 2.40. The molecule has 1 aliphatic carbocycles. The molecule has 5 N–H and O–H groups in total. The Bertz CT molecular complexity index is 2850. The number of amides is 4. The number of aromatic nitrogens is 6. The zero-order valence-electron chi connectivity index (χ0n) is 39.2. The van der Waals surface area contributed by atoms with E-state index in [2.05, 4.69) is 37.5 Å². The number of rotatable bonds is 24. The van der Waals surface area contributed by atoms with Gasteiger partial charge in [-0.1, -0.05) is 11.2 Å². The molecular weight excluding hydrogens is 891 g/mol. The molecule has 2 fully saturated rings. The molecule has 1 atom stereocenters. The molecule has 6 heterocycles. The molecule has 21 heteroatoms. The number of imide groups is 1. The number of fused-ring (bicyclic) bond motifs is 4. The molecule has 1 saturated carbocycles. The van der Waals surface area contributed by atoms with Crippen molar-refractivity contribution in [3.05, 3.63) is 70.5 Å². The van der Waals surface area contributed by atoms with E-state index in [0.29, 0.717) is 112 Å². The van der Waals surface area contributed by atoms with Gasteiger partial charge < -0.3 is 54.0 Å². The fourth-order valence-electron chi connectivity index (χ4n) is 8.81. The lowest BCUT2D eigenvalue weighted by molar-refractivity contribution is -0.136. The van der Waals surface area contributed by atoms with E-state index in [1.807, 2.05) is 43.7 Å². The van der Waals surface area contributed by atoms with E-state index in [-0.39, 0.29) is 37.2 Å². The summed E-state index contributed by atoms with van der Waals surface area (Å²) in [6.45, 7) is 10.4. The molecule has 4 aromatic heterocycles. The third-order valence-electron chi connectivity index (χ3n) is 12.4. The van der Waals surface area contributed by atoms with Crippen LogP contribution in [0.5, 0.6) is 5.75 Å². The number of nitrogens with zero attached hydrogens (tertiary/aromatic N) is 6. The predicted molar refractivity (Wildman–Crippen MR) is 253 cm³/mol. The lowest BCUT2D eigenvalue weighted by atomic mass is 10.0. The molecular formula is C48H57N11O10. The zero-order chi connectivity index (χ0) is 48.0. The van der Waals surface area contributed by atoms with Crippen LogP contribution in [0.2, 0.25) is 0 Å². The summed E-state index contributed by atoms with van der Waals surface area (Å²) in [5.41, 5.74) is 6.87. The Balaban J connectivity index is 0.697. The number of aromatic amines is 1. The topological polar surface area (TPSA) is 251 Å². The van der Waals surface area contributed by atoms with Gasteiger partial charge in [0, 0.05) is 77.9 Å². The Morgan fingerprint density at radius 1 is 0.899 bits per heavy atom. The minimum Gasteiger partial charge on any atom is -0.496 e. The van der Waals surface area contributed by atoms with Gasteiger partial charge in [-0.25, -0.2) is 14.6 Å². The quantitative estimate of drug-likeness (QED) is 0.0400. The van der Waals surface area contributed by atoms with Crippen LogP contribution in [0.15, 0.2) is 40.9 Å². The summed E-state index contributed by atoms with van der Waals surface area (Å²) in [5.74, 6) is 1.55. The SMILES string of the molecule is CCn1nc(C2CC2)cc1Nc1nc(C(=O)NCCOCCOCCOCCOCCNc2cccc3c2CN(C2CCC(=O)NC2=O)C3=O)nc2[nH]c3cc(-c4c(C)noc4C)c(OC)cc3c12. The number of carbonyl (C=O) groups is 4. The summed E-state index contributed by atoms with van der Waals surface area (Å²) in [6.07, 6.45) is 2.76. The van der Waals surface area contributed by atoms with E-state index >= 15 is 0 Å². The molecule has 0 radical (unpaired) electrons. The van der Waals surface area contributed by atoms with Crippen LogP contribution in [0.3, 0.4) is 0 Å². The summed E-state index contributed by atoms with van der Waals surface area (Å²) in [5, 5.41) is 22.5. The van der Waals surface area contributed by atoms with E-state index in [9.17, 15) is 19.2 Å². The average molecular weight is 948 g/mol. The maximum atomic E-state index is 13.6. The maximum absolute atomic E-state index is 13.6. The molecule has 69 heavy (non-hydrogen) atoms. The van der Waals surface area contributed by atoms with Crippen molar-refractivity contribution in [2.45, 2.75) is 71.5 Å². The maximum Gasteiger partial charge on any atom is 0.289 e. The lowest BCUT2D eigenvalue weighted by Crippen LogP contribution is -2.52. The first kappa shape index (κ1) is 47.1. The van der Waals surface area contributed by atoms with Gasteiger partial charge in [-0.3, -0.25) is 24.5 Å². The monoisotopic (exact) mass is 947 g/mol. The van der Waals surface area contributed by atoms with Crippen molar-refractivity contribution in [1.29, 1.82) is 0 Å². The number of hydrogen-bond acceptors (Lipinski definition) is 16. The minimum atomic E-state index is -0.659. The van der Waals surface area contributed by atoms with Gasteiger partial charge in [-0.15, -0.1) is 0 Å². The van der Waals surface area contributed by atoms with Crippen LogP contribution < -0.4 is 26.0 Å². The number of ether oxygens (including phenoxy) is 5. The molecule has 2 aromatic carbocycles. The van der Waals surface area contributed by atoms with Gasteiger partial charge in [-0.2, -0.15) is 5.10 Å². The smallest absolute Gasteiger partial charge is 0.289 e. The molecule has 6 aromatic rings. The first-order chi connectivity index (χ1) is 33.6. The van der Waals surface area contributed by atoms with E-state index < -0.39 is 17.9 Å². The number of anilines is 3. The van der Waals surface area contributed by atoms with Gasteiger partial charge in [0.15, 0.2) is 0 Å². The number of H-pyrrole nitrogens is 1. The van der Waals surface area contributed by atoms with Crippen molar-refractivity contribution in [2.24, 2.45) is 0 Å². The normalized spacial score (nSPS) is 15.9. The standard InChI is InChI=1S/C48H57N11O10/c1-5-59-39(25-35(56-59)29-9-10-29)52-44-42-31-24-38(64-4)32(41-27(2)57-69-28(41)3)23-36(31)51-43(42)54-45(55-44)47(62)50-14-16-66-18-20-68-22-21-67-19-17-65-15-13-49-34-8-6-7-30-33(34)26-58(48(30)63)37-11-12-40(60)53-46(37)61/h6-8,23-25,29,37,49H,5,9-22,26H2,1-4H3,(H,50,62)(H,53,60,61)(H2,51,52,54,55). The van der Waals surface area contributed by atoms with Gasteiger partial charge in [0.25, 0.3) is 11.8 Å². The Labute approximate surface area is 397 Å². The van der Waals surface area contributed by atoms with E-state index in [1.165, 1.54) is 4.90 Å². The van der Waals surface area contributed by atoms with Gasteiger partial charge in [0.05, 0.1) is 82.3 Å².